The monoisotopic (exact) mass is 269 g/mol. The van der Waals surface area contributed by atoms with Crippen molar-refractivity contribution >= 4 is 5.97 Å². The Kier molecular flexibility index (Phi) is 2.15. The van der Waals surface area contributed by atoms with Gasteiger partial charge in [-0.1, -0.05) is 13.8 Å². The van der Waals surface area contributed by atoms with E-state index in [0.29, 0.717) is 25.7 Å². The van der Waals surface area contributed by atoms with Gasteiger partial charge in [-0.2, -0.15) is 0 Å². The summed E-state index contributed by atoms with van der Waals surface area (Å²) in [6.45, 7) is 4.11. The van der Waals surface area contributed by atoms with E-state index in [1.807, 2.05) is 0 Å². The number of carboxylic acid groups (broad SMARTS) is 1. The molecule has 2 unspecified atom stereocenters. The molecule has 4 fully saturated rings. The zero-order valence-electron chi connectivity index (χ0n) is 11.3. The Morgan fingerprint density at radius 2 is 1.63 bits per heavy atom. The van der Waals surface area contributed by atoms with Crippen molar-refractivity contribution in [1.82, 2.24) is 0 Å². The van der Waals surface area contributed by atoms with Gasteiger partial charge in [-0.25, -0.2) is 0 Å². The standard InChI is InChI=1S/C13H19NO5/c1-10-3-11(2)5-12(4-10,9(15)16)8-13(6-10,7-11)19-14(17)18/h3-8H2,1-2H3,(H,15,16). The van der Waals surface area contributed by atoms with E-state index in [4.69, 9.17) is 4.84 Å². The van der Waals surface area contributed by atoms with Crippen LogP contribution in [0.4, 0.5) is 0 Å². The number of carbonyl (C=O) groups is 1. The van der Waals surface area contributed by atoms with E-state index in [2.05, 4.69) is 13.8 Å². The Morgan fingerprint density at radius 1 is 1.11 bits per heavy atom. The van der Waals surface area contributed by atoms with Crippen LogP contribution in [0, 0.1) is 26.4 Å². The summed E-state index contributed by atoms with van der Waals surface area (Å²) in [7, 11) is 0. The minimum absolute atomic E-state index is 0.155. The van der Waals surface area contributed by atoms with Gasteiger partial charge in [-0.15, -0.1) is 10.1 Å². The molecule has 0 aromatic rings. The summed E-state index contributed by atoms with van der Waals surface area (Å²) < 4.78 is 0. The number of rotatable bonds is 3. The van der Waals surface area contributed by atoms with E-state index in [1.165, 1.54) is 0 Å². The molecular weight excluding hydrogens is 250 g/mol. The smallest absolute Gasteiger partial charge is 0.309 e. The van der Waals surface area contributed by atoms with Crippen molar-refractivity contribution in [2.24, 2.45) is 16.2 Å². The fraction of sp³-hybridized carbons (Fsp3) is 0.923. The van der Waals surface area contributed by atoms with Crippen LogP contribution in [0.3, 0.4) is 0 Å². The maximum atomic E-state index is 11.7. The molecule has 4 rings (SSSR count). The molecule has 0 aromatic heterocycles. The SMILES string of the molecule is CC12CC3(C)CC(O[N+](=O)[O-])(C1)CC(C(=O)O)(C2)C3. The van der Waals surface area contributed by atoms with Gasteiger partial charge in [-0.3, -0.25) is 4.79 Å². The minimum atomic E-state index is -0.889. The van der Waals surface area contributed by atoms with Crippen molar-refractivity contribution in [2.45, 2.75) is 58.0 Å². The lowest BCUT2D eigenvalue weighted by molar-refractivity contribution is -0.786. The van der Waals surface area contributed by atoms with Crippen LogP contribution in [0.2, 0.25) is 0 Å². The second kappa shape index (κ2) is 3.22. The molecule has 0 spiro atoms. The third kappa shape index (κ3) is 1.72. The Hall–Kier alpha value is -1.33. The predicted molar refractivity (Wildman–Crippen MR) is 64.8 cm³/mol. The second-order valence-electron chi connectivity index (χ2n) is 7.77. The minimum Gasteiger partial charge on any atom is -0.481 e. The zero-order chi connectivity index (χ0) is 14.1. The zero-order valence-corrected chi connectivity index (χ0v) is 11.3. The van der Waals surface area contributed by atoms with Gasteiger partial charge in [0, 0.05) is 0 Å². The number of aliphatic carboxylic acids is 1. The van der Waals surface area contributed by atoms with Crippen molar-refractivity contribution in [3.8, 4) is 0 Å². The molecule has 6 heteroatoms. The van der Waals surface area contributed by atoms with Gasteiger partial charge in [0.05, 0.1) is 5.41 Å². The van der Waals surface area contributed by atoms with Gasteiger partial charge in [-0.05, 0) is 49.4 Å². The van der Waals surface area contributed by atoms with E-state index in [0.717, 1.165) is 6.42 Å². The lowest BCUT2D eigenvalue weighted by Gasteiger charge is -2.66. The van der Waals surface area contributed by atoms with Gasteiger partial charge in [0.25, 0.3) is 5.09 Å². The van der Waals surface area contributed by atoms with Crippen LogP contribution in [0.25, 0.3) is 0 Å². The van der Waals surface area contributed by atoms with Crippen molar-refractivity contribution < 1.29 is 19.8 Å². The first kappa shape index (κ1) is 12.7. The van der Waals surface area contributed by atoms with Crippen LogP contribution in [0.1, 0.15) is 52.4 Å². The van der Waals surface area contributed by atoms with Crippen molar-refractivity contribution in [1.29, 1.82) is 0 Å². The van der Waals surface area contributed by atoms with Gasteiger partial charge < -0.3 is 9.94 Å². The molecule has 0 aliphatic heterocycles. The fourth-order valence-corrected chi connectivity index (χ4v) is 6.07. The summed E-state index contributed by atoms with van der Waals surface area (Å²) in [4.78, 5) is 27.6. The number of hydrogen-bond donors (Lipinski definition) is 1. The topological polar surface area (TPSA) is 89.7 Å². The first-order chi connectivity index (χ1) is 8.60. The van der Waals surface area contributed by atoms with Crippen LogP contribution in [0.5, 0.6) is 0 Å². The quantitative estimate of drug-likeness (QED) is 0.627. The summed E-state index contributed by atoms with van der Waals surface area (Å²) in [5.41, 5.74) is -2.04. The number of hydrogen-bond acceptors (Lipinski definition) is 4. The van der Waals surface area contributed by atoms with E-state index >= 15 is 0 Å². The Labute approximate surface area is 111 Å². The van der Waals surface area contributed by atoms with Crippen LogP contribution >= 0.6 is 0 Å². The van der Waals surface area contributed by atoms with Crippen LogP contribution < -0.4 is 0 Å². The second-order valence-corrected chi connectivity index (χ2v) is 7.77. The van der Waals surface area contributed by atoms with Gasteiger partial charge in [0.1, 0.15) is 5.60 Å². The van der Waals surface area contributed by atoms with Crippen LogP contribution in [0.15, 0.2) is 0 Å². The molecule has 4 bridgehead atoms. The van der Waals surface area contributed by atoms with Crippen molar-refractivity contribution in [3.05, 3.63) is 10.1 Å². The summed E-state index contributed by atoms with van der Waals surface area (Å²) >= 11 is 0. The highest BCUT2D eigenvalue weighted by Crippen LogP contribution is 2.71. The average Bonchev–Trinajstić information content (AvgIpc) is 2.07. The van der Waals surface area contributed by atoms with Crippen LogP contribution in [-0.2, 0) is 9.63 Å². The maximum Gasteiger partial charge on any atom is 0.309 e. The maximum absolute atomic E-state index is 11.7. The van der Waals surface area contributed by atoms with E-state index in [1.54, 1.807) is 0 Å². The Morgan fingerprint density at radius 3 is 2.05 bits per heavy atom. The number of carboxylic acids is 1. The Balaban J connectivity index is 2.06. The molecule has 4 saturated carbocycles. The summed E-state index contributed by atoms with van der Waals surface area (Å²) in [6, 6.07) is 0. The molecule has 0 saturated heterocycles. The van der Waals surface area contributed by atoms with E-state index < -0.39 is 22.1 Å². The highest BCUT2D eigenvalue weighted by molar-refractivity contribution is 5.76. The highest BCUT2D eigenvalue weighted by Gasteiger charge is 2.69. The molecule has 4 aliphatic rings. The molecule has 106 valence electrons. The van der Waals surface area contributed by atoms with Crippen molar-refractivity contribution in [2.75, 3.05) is 0 Å². The molecule has 19 heavy (non-hydrogen) atoms. The molecule has 0 heterocycles. The molecule has 0 amide bonds. The van der Waals surface area contributed by atoms with Crippen LogP contribution in [-0.4, -0.2) is 21.8 Å². The molecular formula is C13H19NO5. The lowest BCUT2D eigenvalue weighted by atomic mass is 9.39. The molecule has 0 aromatic carbocycles. The normalized spacial score (nSPS) is 51.1. The Bertz CT molecular complexity index is 456. The molecule has 0 radical (unpaired) electrons. The lowest BCUT2D eigenvalue weighted by Crippen LogP contribution is -2.65. The average molecular weight is 269 g/mol. The first-order valence-electron chi connectivity index (χ1n) is 6.67. The largest absolute Gasteiger partial charge is 0.481 e. The molecule has 6 nitrogen and oxygen atoms in total. The van der Waals surface area contributed by atoms with Gasteiger partial charge >= 0.3 is 5.97 Å². The predicted octanol–water partition coefficient (Wildman–Crippen LogP) is 2.40. The molecule has 1 N–H and O–H groups in total. The number of nitrogens with zero attached hydrogens (tertiary/aromatic N) is 1. The van der Waals surface area contributed by atoms with Crippen molar-refractivity contribution in [3.63, 3.8) is 0 Å². The molecule has 4 aliphatic carbocycles. The third-order valence-electron chi connectivity index (χ3n) is 5.26. The summed E-state index contributed by atoms with van der Waals surface area (Å²) in [5.74, 6) is -0.819. The summed E-state index contributed by atoms with van der Waals surface area (Å²) in [5, 5.41) is 19.7. The van der Waals surface area contributed by atoms with E-state index in [9.17, 15) is 20.0 Å². The van der Waals surface area contributed by atoms with Gasteiger partial charge in [0.2, 0.25) is 0 Å². The fourth-order valence-electron chi connectivity index (χ4n) is 6.07. The summed E-state index contributed by atoms with van der Waals surface area (Å²) in [6.07, 6.45) is 3.66. The molecule has 2 atom stereocenters. The van der Waals surface area contributed by atoms with E-state index in [-0.39, 0.29) is 17.3 Å². The third-order valence-corrected chi connectivity index (χ3v) is 5.26. The highest BCUT2D eigenvalue weighted by atomic mass is 17.0. The first-order valence-corrected chi connectivity index (χ1v) is 6.67. The van der Waals surface area contributed by atoms with Gasteiger partial charge in [0.15, 0.2) is 0 Å².